The van der Waals surface area contributed by atoms with Crippen molar-refractivity contribution in [2.45, 2.75) is 36.4 Å². The SMILES string of the molecule is O=C1O[C@@H]2[C@@H](O)[C@H](O)C[C@@]1(O)[C@@H]2O. The normalized spacial score (nSPS) is 54.9. The highest BCUT2D eigenvalue weighted by atomic mass is 16.6. The standard InChI is InChI=1S/C7H10O6/c8-2-1-7(12)5(10)4(3(2)9)13-6(7)11/h2-5,8-10,12H,1H2/t2-,3+,4-,5-,7-/m1/s1. The second-order valence-electron chi connectivity index (χ2n) is 3.50. The summed E-state index contributed by atoms with van der Waals surface area (Å²) in [6.07, 6.45) is -5.66. The number of hydrogen-bond donors (Lipinski definition) is 4. The van der Waals surface area contributed by atoms with Crippen molar-refractivity contribution in [3.8, 4) is 0 Å². The fourth-order valence-electron chi connectivity index (χ4n) is 1.80. The minimum Gasteiger partial charge on any atom is -0.454 e. The molecule has 1 aliphatic carbocycles. The van der Waals surface area contributed by atoms with Gasteiger partial charge >= 0.3 is 5.97 Å². The zero-order chi connectivity index (χ0) is 9.80. The molecule has 13 heavy (non-hydrogen) atoms. The van der Waals surface area contributed by atoms with Gasteiger partial charge in [-0.3, -0.25) is 0 Å². The second-order valence-corrected chi connectivity index (χ2v) is 3.50. The maximum Gasteiger partial charge on any atom is 0.341 e. The van der Waals surface area contributed by atoms with Crippen LogP contribution in [0.15, 0.2) is 0 Å². The molecule has 0 amide bonds. The van der Waals surface area contributed by atoms with E-state index >= 15 is 0 Å². The molecule has 5 atom stereocenters. The van der Waals surface area contributed by atoms with Crippen molar-refractivity contribution in [1.29, 1.82) is 0 Å². The lowest BCUT2D eigenvalue weighted by Crippen LogP contribution is -2.58. The predicted molar refractivity (Wildman–Crippen MR) is 37.5 cm³/mol. The molecule has 6 heteroatoms. The molecule has 1 saturated heterocycles. The summed E-state index contributed by atoms with van der Waals surface area (Å²) >= 11 is 0. The molecule has 1 saturated carbocycles. The summed E-state index contributed by atoms with van der Waals surface area (Å²) in [5, 5.41) is 37.4. The molecule has 2 rings (SSSR count). The van der Waals surface area contributed by atoms with Crippen molar-refractivity contribution < 1.29 is 30.0 Å². The molecule has 1 heterocycles. The Morgan fingerprint density at radius 2 is 2.00 bits per heavy atom. The van der Waals surface area contributed by atoms with Crippen LogP contribution in [0.5, 0.6) is 0 Å². The van der Waals surface area contributed by atoms with Gasteiger partial charge in [0.1, 0.15) is 12.2 Å². The largest absolute Gasteiger partial charge is 0.454 e. The quantitative estimate of drug-likeness (QED) is 0.306. The van der Waals surface area contributed by atoms with E-state index in [1.54, 1.807) is 0 Å². The number of carbonyl (C=O) groups is 1. The molecule has 0 aromatic heterocycles. The Hall–Kier alpha value is -0.690. The Balaban J connectivity index is 2.36. The first-order chi connectivity index (χ1) is 5.97. The summed E-state index contributed by atoms with van der Waals surface area (Å²) in [4.78, 5) is 11.0. The van der Waals surface area contributed by atoms with Gasteiger partial charge in [-0.15, -0.1) is 0 Å². The van der Waals surface area contributed by atoms with Crippen LogP contribution in [0.3, 0.4) is 0 Å². The summed E-state index contributed by atoms with van der Waals surface area (Å²) < 4.78 is 4.53. The fourth-order valence-corrected chi connectivity index (χ4v) is 1.80. The van der Waals surface area contributed by atoms with Crippen molar-refractivity contribution in [3.05, 3.63) is 0 Å². The smallest absolute Gasteiger partial charge is 0.341 e. The maximum atomic E-state index is 11.0. The summed E-state index contributed by atoms with van der Waals surface area (Å²) in [5.74, 6) is -0.986. The lowest BCUT2D eigenvalue weighted by Gasteiger charge is -2.34. The lowest BCUT2D eigenvalue weighted by molar-refractivity contribution is -0.162. The lowest BCUT2D eigenvalue weighted by atomic mass is 9.80. The van der Waals surface area contributed by atoms with E-state index in [-0.39, 0.29) is 0 Å². The third-order valence-electron chi connectivity index (χ3n) is 2.65. The number of carbonyl (C=O) groups excluding carboxylic acids is 1. The molecular weight excluding hydrogens is 180 g/mol. The van der Waals surface area contributed by atoms with Gasteiger partial charge in [0.2, 0.25) is 0 Å². The van der Waals surface area contributed by atoms with E-state index in [2.05, 4.69) is 4.74 Å². The molecule has 0 aromatic carbocycles. The summed E-state index contributed by atoms with van der Waals surface area (Å²) in [6, 6.07) is 0. The molecule has 4 N–H and O–H groups in total. The fraction of sp³-hybridized carbons (Fsp3) is 0.857. The molecule has 1 aliphatic heterocycles. The summed E-state index contributed by atoms with van der Waals surface area (Å²) in [7, 11) is 0. The highest BCUT2D eigenvalue weighted by Crippen LogP contribution is 2.38. The van der Waals surface area contributed by atoms with Crippen molar-refractivity contribution in [2.24, 2.45) is 0 Å². The number of fused-ring (bicyclic) bond motifs is 2. The van der Waals surface area contributed by atoms with E-state index in [1.807, 2.05) is 0 Å². The predicted octanol–water partition coefficient (Wildman–Crippen LogP) is -2.87. The average molecular weight is 190 g/mol. The summed E-state index contributed by atoms with van der Waals surface area (Å²) in [5.41, 5.74) is -2.05. The van der Waals surface area contributed by atoms with Crippen LogP contribution in [-0.4, -0.2) is 56.4 Å². The Kier molecular flexibility index (Phi) is 1.65. The first-order valence-electron chi connectivity index (χ1n) is 3.94. The van der Waals surface area contributed by atoms with Gasteiger partial charge in [-0.25, -0.2) is 4.79 Å². The van der Waals surface area contributed by atoms with Gasteiger partial charge in [-0.2, -0.15) is 0 Å². The zero-order valence-electron chi connectivity index (χ0n) is 6.62. The second kappa shape index (κ2) is 2.42. The van der Waals surface area contributed by atoms with Gasteiger partial charge in [0.05, 0.1) is 6.10 Å². The van der Waals surface area contributed by atoms with Crippen LogP contribution >= 0.6 is 0 Å². The molecular formula is C7H10O6. The highest BCUT2D eigenvalue weighted by Gasteiger charge is 2.64. The number of esters is 1. The number of aliphatic hydroxyl groups is 4. The Morgan fingerprint density at radius 3 is 2.62 bits per heavy atom. The molecule has 0 unspecified atom stereocenters. The van der Waals surface area contributed by atoms with Crippen LogP contribution in [-0.2, 0) is 9.53 Å². The Labute approximate surface area is 73.4 Å². The van der Waals surface area contributed by atoms with E-state index in [0.717, 1.165) is 0 Å². The molecule has 6 nitrogen and oxygen atoms in total. The van der Waals surface area contributed by atoms with Gasteiger partial charge < -0.3 is 25.2 Å². The van der Waals surface area contributed by atoms with Gasteiger partial charge in [0.25, 0.3) is 0 Å². The highest BCUT2D eigenvalue weighted by molar-refractivity contribution is 5.83. The molecule has 2 aliphatic rings. The molecule has 0 spiro atoms. The summed E-state index contributed by atoms with van der Waals surface area (Å²) in [6.45, 7) is 0. The van der Waals surface area contributed by atoms with Gasteiger partial charge in [0.15, 0.2) is 11.7 Å². The molecule has 74 valence electrons. The van der Waals surface area contributed by atoms with Crippen molar-refractivity contribution in [3.63, 3.8) is 0 Å². The van der Waals surface area contributed by atoms with Crippen LogP contribution in [0.2, 0.25) is 0 Å². The molecule has 2 bridgehead atoms. The van der Waals surface area contributed by atoms with Crippen LogP contribution in [0.25, 0.3) is 0 Å². The van der Waals surface area contributed by atoms with E-state index in [1.165, 1.54) is 0 Å². The van der Waals surface area contributed by atoms with Crippen LogP contribution in [0, 0.1) is 0 Å². The van der Waals surface area contributed by atoms with E-state index in [9.17, 15) is 25.2 Å². The number of ether oxygens (including phenoxy) is 1. The molecule has 0 radical (unpaired) electrons. The minimum absolute atomic E-state index is 0.398. The monoisotopic (exact) mass is 190 g/mol. The van der Waals surface area contributed by atoms with Gasteiger partial charge in [-0.1, -0.05) is 0 Å². The van der Waals surface area contributed by atoms with Crippen molar-refractivity contribution in [1.82, 2.24) is 0 Å². The third-order valence-corrected chi connectivity index (χ3v) is 2.65. The maximum absolute atomic E-state index is 11.0. The first-order valence-corrected chi connectivity index (χ1v) is 3.94. The number of rotatable bonds is 0. The third kappa shape index (κ3) is 0.939. The first kappa shape index (κ1) is 8.89. The van der Waals surface area contributed by atoms with E-state index < -0.39 is 42.4 Å². The minimum atomic E-state index is -2.05. The van der Waals surface area contributed by atoms with E-state index in [0.29, 0.717) is 0 Å². The Bertz CT molecular complexity index is 253. The van der Waals surface area contributed by atoms with Crippen LogP contribution < -0.4 is 0 Å². The molecule has 2 fully saturated rings. The van der Waals surface area contributed by atoms with Crippen LogP contribution in [0.4, 0.5) is 0 Å². The van der Waals surface area contributed by atoms with Crippen LogP contribution in [0.1, 0.15) is 6.42 Å². The average Bonchev–Trinajstić information content (AvgIpc) is 2.22. The molecule has 0 aromatic rings. The number of aliphatic hydroxyl groups excluding tert-OH is 3. The van der Waals surface area contributed by atoms with Gasteiger partial charge in [-0.05, 0) is 0 Å². The zero-order valence-corrected chi connectivity index (χ0v) is 6.62. The van der Waals surface area contributed by atoms with Gasteiger partial charge in [0, 0.05) is 6.42 Å². The van der Waals surface area contributed by atoms with Crippen molar-refractivity contribution >= 4 is 5.97 Å². The topological polar surface area (TPSA) is 107 Å². The Morgan fingerprint density at radius 1 is 1.38 bits per heavy atom. The van der Waals surface area contributed by atoms with E-state index in [4.69, 9.17) is 0 Å². The van der Waals surface area contributed by atoms with Crippen molar-refractivity contribution in [2.75, 3.05) is 0 Å². The number of hydrogen-bond acceptors (Lipinski definition) is 6.